The van der Waals surface area contributed by atoms with Crippen LogP contribution in [-0.4, -0.2) is 55.6 Å². The number of hydrogen-bond acceptors (Lipinski definition) is 5. The minimum absolute atomic E-state index is 0.0338. The van der Waals surface area contributed by atoms with E-state index in [1.807, 2.05) is 18.2 Å². The number of nitrogens with zero attached hydrogens (tertiary/aromatic N) is 2. The monoisotopic (exact) mass is 487 g/mol. The summed E-state index contributed by atoms with van der Waals surface area (Å²) < 4.78 is 33.4. The number of para-hydroxylation sites is 1. The molecular formula is C25H33N3O5S. The molecule has 2 aromatic carbocycles. The molecule has 34 heavy (non-hydrogen) atoms. The van der Waals surface area contributed by atoms with Crippen LogP contribution in [0.3, 0.4) is 0 Å². The molecule has 0 radical (unpaired) electrons. The van der Waals surface area contributed by atoms with Gasteiger partial charge < -0.3 is 15.0 Å². The Hall–Kier alpha value is -2.91. The highest BCUT2D eigenvalue weighted by Gasteiger charge is 2.24. The Bertz CT molecular complexity index is 1080. The van der Waals surface area contributed by atoms with E-state index in [9.17, 15) is 18.0 Å². The highest BCUT2D eigenvalue weighted by molar-refractivity contribution is 7.89. The third-order valence-electron chi connectivity index (χ3n) is 5.80. The molecule has 1 aliphatic rings. The van der Waals surface area contributed by atoms with Gasteiger partial charge in [-0.1, -0.05) is 44.9 Å². The lowest BCUT2D eigenvalue weighted by Crippen LogP contribution is -2.39. The lowest BCUT2D eigenvalue weighted by molar-refractivity contribution is -0.135. The van der Waals surface area contributed by atoms with Crippen molar-refractivity contribution >= 4 is 27.5 Å². The molecule has 1 N–H and O–H groups in total. The number of nitrogens with one attached hydrogen (secondary N) is 1. The fraction of sp³-hybridized carbons (Fsp3) is 0.440. The molecule has 3 rings (SSSR count). The smallest absolute Gasteiger partial charge is 0.244 e. The molecule has 0 aromatic heterocycles. The first-order valence-corrected chi connectivity index (χ1v) is 13.2. The number of carbonyl (C=O) groups is 2. The van der Waals surface area contributed by atoms with E-state index in [-0.39, 0.29) is 23.0 Å². The van der Waals surface area contributed by atoms with E-state index in [2.05, 4.69) is 5.32 Å². The Morgan fingerprint density at radius 3 is 2.44 bits per heavy atom. The number of hydrogen-bond donors (Lipinski definition) is 1. The molecule has 0 saturated carbocycles. The maximum atomic E-state index is 13.1. The molecule has 0 bridgehead atoms. The second-order valence-corrected chi connectivity index (χ2v) is 10.1. The van der Waals surface area contributed by atoms with Crippen molar-refractivity contribution < 1.29 is 22.7 Å². The number of rotatable bonds is 9. The van der Waals surface area contributed by atoms with Crippen molar-refractivity contribution in [3.63, 3.8) is 0 Å². The lowest BCUT2D eigenvalue weighted by atomic mass is 10.1. The molecule has 0 spiro atoms. The molecule has 0 atom stereocenters. The van der Waals surface area contributed by atoms with Gasteiger partial charge in [0.2, 0.25) is 21.8 Å². The summed E-state index contributed by atoms with van der Waals surface area (Å²) in [4.78, 5) is 27.0. The van der Waals surface area contributed by atoms with Crippen molar-refractivity contribution in [2.24, 2.45) is 0 Å². The summed E-state index contributed by atoms with van der Waals surface area (Å²) in [6.07, 6.45) is 4.19. The first-order valence-electron chi connectivity index (χ1n) is 11.8. The molecule has 1 heterocycles. The van der Waals surface area contributed by atoms with Crippen LogP contribution in [0.2, 0.25) is 0 Å². The Kier molecular flexibility index (Phi) is 9.06. The van der Waals surface area contributed by atoms with Gasteiger partial charge in [-0.2, -0.15) is 4.31 Å². The molecular weight excluding hydrogens is 454 g/mol. The minimum Gasteiger partial charge on any atom is -0.455 e. The van der Waals surface area contributed by atoms with E-state index in [4.69, 9.17) is 4.74 Å². The van der Waals surface area contributed by atoms with Crippen molar-refractivity contribution in [1.82, 2.24) is 9.21 Å². The molecule has 9 heteroatoms. The summed E-state index contributed by atoms with van der Waals surface area (Å²) in [6, 6.07) is 13.5. The zero-order chi connectivity index (χ0) is 24.6. The SMILES string of the molecule is CCN(CC)S(=O)(=O)c1ccc(Oc2ccccc2)c(NC(=O)CN2CCCCCCC2=O)c1. The highest BCUT2D eigenvalue weighted by atomic mass is 32.2. The van der Waals surface area contributed by atoms with Crippen molar-refractivity contribution in [3.8, 4) is 11.5 Å². The van der Waals surface area contributed by atoms with E-state index in [1.165, 1.54) is 16.4 Å². The van der Waals surface area contributed by atoms with Crippen LogP contribution in [0.25, 0.3) is 0 Å². The minimum atomic E-state index is -3.73. The van der Waals surface area contributed by atoms with Gasteiger partial charge in [-0.15, -0.1) is 0 Å². The maximum absolute atomic E-state index is 13.1. The van der Waals surface area contributed by atoms with Crippen LogP contribution >= 0.6 is 0 Å². The van der Waals surface area contributed by atoms with Gasteiger partial charge in [0.1, 0.15) is 5.75 Å². The maximum Gasteiger partial charge on any atom is 0.244 e. The van der Waals surface area contributed by atoms with Gasteiger partial charge in [0.15, 0.2) is 5.75 Å². The molecule has 1 aliphatic heterocycles. The van der Waals surface area contributed by atoms with Crippen molar-refractivity contribution in [2.75, 3.05) is 31.5 Å². The predicted molar refractivity (Wildman–Crippen MR) is 131 cm³/mol. The molecule has 0 unspecified atom stereocenters. The van der Waals surface area contributed by atoms with Gasteiger partial charge in [-0.25, -0.2) is 8.42 Å². The van der Waals surface area contributed by atoms with Gasteiger partial charge in [0, 0.05) is 26.1 Å². The van der Waals surface area contributed by atoms with E-state index < -0.39 is 15.9 Å². The van der Waals surface area contributed by atoms with Gasteiger partial charge in [-0.05, 0) is 43.2 Å². The Morgan fingerprint density at radius 2 is 1.74 bits per heavy atom. The number of benzene rings is 2. The Balaban J connectivity index is 1.88. The number of anilines is 1. The fourth-order valence-corrected chi connectivity index (χ4v) is 5.41. The summed E-state index contributed by atoms with van der Waals surface area (Å²) in [5.41, 5.74) is 0.238. The summed E-state index contributed by atoms with van der Waals surface area (Å²) in [7, 11) is -3.73. The van der Waals surface area contributed by atoms with Crippen LogP contribution in [0.1, 0.15) is 46.0 Å². The molecule has 8 nitrogen and oxygen atoms in total. The third kappa shape index (κ3) is 6.57. The quantitative estimate of drug-likeness (QED) is 0.571. The summed E-state index contributed by atoms with van der Waals surface area (Å²) in [5.74, 6) is 0.436. The topological polar surface area (TPSA) is 96.0 Å². The van der Waals surface area contributed by atoms with Crippen LogP contribution in [-0.2, 0) is 19.6 Å². The number of ether oxygens (including phenoxy) is 1. The summed E-state index contributed by atoms with van der Waals surface area (Å²) in [6.45, 7) is 4.67. The third-order valence-corrected chi connectivity index (χ3v) is 7.84. The standard InChI is InChI=1S/C25H33N3O5S/c1-3-28(4-2)34(31,32)21-15-16-23(33-20-12-8-7-9-13-20)22(18-21)26-24(29)19-27-17-11-6-5-10-14-25(27)30/h7-9,12-13,15-16,18H,3-6,10-11,14,17,19H2,1-2H3,(H,26,29). The summed E-state index contributed by atoms with van der Waals surface area (Å²) in [5, 5.41) is 2.78. The molecule has 1 saturated heterocycles. The molecule has 2 aromatic rings. The molecule has 1 fully saturated rings. The van der Waals surface area contributed by atoms with Crippen LogP contribution in [0, 0.1) is 0 Å². The van der Waals surface area contributed by atoms with E-state index >= 15 is 0 Å². The normalized spacial score (nSPS) is 15.0. The number of likely N-dealkylation sites (tertiary alicyclic amines) is 1. The molecule has 2 amide bonds. The number of carbonyl (C=O) groups excluding carboxylic acids is 2. The van der Waals surface area contributed by atoms with Crippen LogP contribution in [0.5, 0.6) is 11.5 Å². The van der Waals surface area contributed by atoms with Crippen LogP contribution in [0.4, 0.5) is 5.69 Å². The van der Waals surface area contributed by atoms with Gasteiger partial charge in [0.05, 0.1) is 17.1 Å². The summed E-state index contributed by atoms with van der Waals surface area (Å²) >= 11 is 0. The lowest BCUT2D eigenvalue weighted by Gasteiger charge is -2.24. The van der Waals surface area contributed by atoms with E-state index in [0.29, 0.717) is 37.6 Å². The second kappa shape index (κ2) is 12.0. The molecule has 184 valence electrons. The van der Waals surface area contributed by atoms with E-state index in [0.717, 1.165) is 25.7 Å². The number of sulfonamides is 1. The average molecular weight is 488 g/mol. The Labute approximate surface area is 201 Å². The fourth-order valence-electron chi connectivity index (χ4n) is 3.93. The van der Waals surface area contributed by atoms with Crippen molar-refractivity contribution in [1.29, 1.82) is 0 Å². The zero-order valence-corrected chi connectivity index (χ0v) is 20.6. The van der Waals surface area contributed by atoms with Crippen LogP contribution in [0.15, 0.2) is 53.4 Å². The van der Waals surface area contributed by atoms with Crippen molar-refractivity contribution in [2.45, 2.75) is 50.8 Å². The van der Waals surface area contributed by atoms with Gasteiger partial charge >= 0.3 is 0 Å². The highest BCUT2D eigenvalue weighted by Crippen LogP contribution is 2.33. The second-order valence-electron chi connectivity index (χ2n) is 8.19. The van der Waals surface area contributed by atoms with Gasteiger partial charge in [-0.3, -0.25) is 9.59 Å². The predicted octanol–water partition coefficient (Wildman–Crippen LogP) is 4.24. The van der Waals surface area contributed by atoms with Crippen LogP contribution < -0.4 is 10.1 Å². The first-order chi connectivity index (χ1) is 16.3. The number of amides is 2. The first kappa shape index (κ1) is 25.7. The Morgan fingerprint density at radius 1 is 1.03 bits per heavy atom. The van der Waals surface area contributed by atoms with E-state index in [1.54, 1.807) is 36.9 Å². The van der Waals surface area contributed by atoms with Gasteiger partial charge in [0.25, 0.3) is 0 Å². The largest absolute Gasteiger partial charge is 0.455 e. The average Bonchev–Trinajstić information content (AvgIpc) is 2.81. The molecule has 0 aliphatic carbocycles. The zero-order valence-electron chi connectivity index (χ0n) is 19.8. The van der Waals surface area contributed by atoms with Crippen molar-refractivity contribution in [3.05, 3.63) is 48.5 Å².